The van der Waals surface area contributed by atoms with Gasteiger partial charge in [-0.3, -0.25) is 4.79 Å². The summed E-state index contributed by atoms with van der Waals surface area (Å²) in [5.41, 5.74) is 1.79. The van der Waals surface area contributed by atoms with Crippen LogP contribution < -0.4 is 9.47 Å². The van der Waals surface area contributed by atoms with Gasteiger partial charge in [-0.25, -0.2) is 0 Å². The molecule has 0 spiro atoms. The molecule has 0 atom stereocenters. The van der Waals surface area contributed by atoms with Gasteiger partial charge in [-0.15, -0.1) is 0 Å². The van der Waals surface area contributed by atoms with Crippen molar-refractivity contribution in [3.8, 4) is 11.5 Å². The molecule has 1 aliphatic rings. The highest BCUT2D eigenvalue weighted by atomic mass is 79.9. The maximum atomic E-state index is 11.8. The smallest absolute Gasteiger partial charge is 0.310 e. The first-order chi connectivity index (χ1) is 10.2. The first kappa shape index (κ1) is 13.9. The zero-order valence-electron chi connectivity index (χ0n) is 11.2. The first-order valence-electron chi connectivity index (χ1n) is 6.50. The average molecular weight is 349 g/mol. The topological polar surface area (TPSA) is 44.8 Å². The van der Waals surface area contributed by atoms with Crippen LogP contribution in [-0.4, -0.2) is 12.8 Å². The Labute approximate surface area is 130 Å². The molecule has 0 aromatic heterocycles. The second-order valence-corrected chi connectivity index (χ2v) is 5.47. The van der Waals surface area contributed by atoms with Gasteiger partial charge in [0.25, 0.3) is 0 Å². The van der Waals surface area contributed by atoms with E-state index in [1.54, 1.807) is 0 Å². The van der Waals surface area contributed by atoms with E-state index in [0.717, 1.165) is 15.6 Å². The molecule has 0 amide bonds. The van der Waals surface area contributed by atoms with E-state index in [-0.39, 0.29) is 25.8 Å². The molecule has 0 saturated heterocycles. The highest BCUT2D eigenvalue weighted by molar-refractivity contribution is 9.10. The molecule has 0 aliphatic carbocycles. The third-order valence-electron chi connectivity index (χ3n) is 3.12. The van der Waals surface area contributed by atoms with Crippen molar-refractivity contribution in [3.05, 3.63) is 58.1 Å². The van der Waals surface area contributed by atoms with Crippen molar-refractivity contribution < 1.29 is 19.0 Å². The Morgan fingerprint density at radius 1 is 1.14 bits per heavy atom. The molecule has 0 unspecified atom stereocenters. The van der Waals surface area contributed by atoms with Crippen LogP contribution >= 0.6 is 15.9 Å². The minimum absolute atomic E-state index is 0.197. The number of esters is 1. The average Bonchev–Trinajstić information content (AvgIpc) is 2.93. The first-order valence-corrected chi connectivity index (χ1v) is 7.29. The van der Waals surface area contributed by atoms with E-state index in [2.05, 4.69) is 15.9 Å². The molecule has 3 rings (SSSR count). The Hall–Kier alpha value is -2.01. The SMILES string of the molecule is O=C(Cc1ccccc1)OCc1cc2c(cc1Br)OCO2. The van der Waals surface area contributed by atoms with Crippen LogP contribution in [0, 0.1) is 0 Å². The van der Waals surface area contributed by atoms with Crippen molar-refractivity contribution in [3.63, 3.8) is 0 Å². The quantitative estimate of drug-likeness (QED) is 0.793. The number of rotatable bonds is 4. The van der Waals surface area contributed by atoms with Crippen LogP contribution in [0.3, 0.4) is 0 Å². The van der Waals surface area contributed by atoms with Gasteiger partial charge in [0.15, 0.2) is 11.5 Å². The van der Waals surface area contributed by atoms with E-state index in [9.17, 15) is 4.79 Å². The summed E-state index contributed by atoms with van der Waals surface area (Å²) in [6.07, 6.45) is 0.267. The number of carbonyl (C=O) groups is 1. The lowest BCUT2D eigenvalue weighted by molar-refractivity contribution is -0.144. The predicted octanol–water partition coefficient (Wildman–Crippen LogP) is 3.46. The molecule has 2 aromatic rings. The number of benzene rings is 2. The number of carbonyl (C=O) groups excluding carboxylic acids is 1. The molecular formula is C16H13BrO4. The predicted molar refractivity (Wildman–Crippen MR) is 80.2 cm³/mol. The highest BCUT2D eigenvalue weighted by Crippen LogP contribution is 2.37. The summed E-state index contributed by atoms with van der Waals surface area (Å²) in [6, 6.07) is 13.2. The highest BCUT2D eigenvalue weighted by Gasteiger charge is 2.17. The minimum Gasteiger partial charge on any atom is -0.461 e. The van der Waals surface area contributed by atoms with E-state index in [1.807, 2.05) is 42.5 Å². The number of fused-ring (bicyclic) bond motifs is 1. The standard InChI is InChI=1S/C16H13BrO4/c17-13-8-15-14(20-10-21-15)7-12(13)9-19-16(18)6-11-4-2-1-3-5-11/h1-5,7-8H,6,9-10H2. The van der Waals surface area contributed by atoms with Crippen molar-refractivity contribution >= 4 is 21.9 Å². The maximum absolute atomic E-state index is 11.8. The summed E-state index contributed by atoms with van der Waals surface area (Å²) < 4.78 is 16.7. The monoisotopic (exact) mass is 348 g/mol. The Balaban J connectivity index is 1.61. The van der Waals surface area contributed by atoms with Gasteiger partial charge < -0.3 is 14.2 Å². The molecule has 0 N–H and O–H groups in total. The molecule has 2 aromatic carbocycles. The van der Waals surface area contributed by atoms with Crippen molar-refractivity contribution in [1.29, 1.82) is 0 Å². The fraction of sp³-hybridized carbons (Fsp3) is 0.188. The second-order valence-electron chi connectivity index (χ2n) is 4.62. The third-order valence-corrected chi connectivity index (χ3v) is 3.86. The maximum Gasteiger partial charge on any atom is 0.310 e. The molecule has 5 heteroatoms. The Kier molecular flexibility index (Phi) is 4.10. The van der Waals surface area contributed by atoms with E-state index < -0.39 is 0 Å². The zero-order chi connectivity index (χ0) is 14.7. The molecule has 1 aliphatic heterocycles. The van der Waals surface area contributed by atoms with Crippen LogP contribution in [0.1, 0.15) is 11.1 Å². The largest absolute Gasteiger partial charge is 0.461 e. The number of ether oxygens (including phenoxy) is 3. The fourth-order valence-corrected chi connectivity index (χ4v) is 2.48. The fourth-order valence-electron chi connectivity index (χ4n) is 2.04. The third kappa shape index (κ3) is 3.36. The van der Waals surface area contributed by atoms with Gasteiger partial charge in [-0.2, -0.15) is 0 Å². The summed E-state index contributed by atoms with van der Waals surface area (Å²) in [4.78, 5) is 11.8. The van der Waals surface area contributed by atoms with Crippen LogP contribution in [0.4, 0.5) is 0 Å². The van der Waals surface area contributed by atoms with Crippen LogP contribution in [-0.2, 0) is 22.6 Å². The van der Waals surface area contributed by atoms with E-state index in [0.29, 0.717) is 11.5 Å². The lowest BCUT2D eigenvalue weighted by Gasteiger charge is -2.08. The molecule has 0 radical (unpaired) electrons. The number of hydrogen-bond acceptors (Lipinski definition) is 4. The van der Waals surface area contributed by atoms with Gasteiger partial charge in [0.2, 0.25) is 6.79 Å². The zero-order valence-corrected chi connectivity index (χ0v) is 12.8. The second kappa shape index (κ2) is 6.18. The van der Waals surface area contributed by atoms with Gasteiger partial charge >= 0.3 is 5.97 Å². The lowest BCUT2D eigenvalue weighted by atomic mass is 10.1. The summed E-state index contributed by atoms with van der Waals surface area (Å²) in [5.74, 6) is 1.11. The molecule has 0 bridgehead atoms. The van der Waals surface area contributed by atoms with Gasteiger partial charge in [-0.05, 0) is 17.7 Å². The molecule has 21 heavy (non-hydrogen) atoms. The van der Waals surface area contributed by atoms with Gasteiger partial charge in [0.1, 0.15) is 6.61 Å². The Bertz CT molecular complexity index is 655. The molecule has 0 fully saturated rings. The molecular weight excluding hydrogens is 336 g/mol. The number of halogens is 1. The van der Waals surface area contributed by atoms with Gasteiger partial charge in [0, 0.05) is 10.0 Å². The Morgan fingerprint density at radius 3 is 2.62 bits per heavy atom. The van der Waals surface area contributed by atoms with E-state index >= 15 is 0 Å². The summed E-state index contributed by atoms with van der Waals surface area (Å²) in [6.45, 7) is 0.419. The molecule has 4 nitrogen and oxygen atoms in total. The van der Waals surface area contributed by atoms with Crippen LogP contribution in [0.2, 0.25) is 0 Å². The molecule has 108 valence electrons. The van der Waals surface area contributed by atoms with Crippen LogP contribution in [0.15, 0.2) is 46.9 Å². The summed E-state index contributed by atoms with van der Waals surface area (Å²) in [5, 5.41) is 0. The van der Waals surface area contributed by atoms with Crippen molar-refractivity contribution in [2.75, 3.05) is 6.79 Å². The molecule has 1 heterocycles. The van der Waals surface area contributed by atoms with Crippen LogP contribution in [0.25, 0.3) is 0 Å². The molecule has 0 saturated carbocycles. The van der Waals surface area contributed by atoms with Crippen molar-refractivity contribution in [2.24, 2.45) is 0 Å². The van der Waals surface area contributed by atoms with Crippen molar-refractivity contribution in [2.45, 2.75) is 13.0 Å². The summed E-state index contributed by atoms with van der Waals surface area (Å²) in [7, 11) is 0. The van der Waals surface area contributed by atoms with E-state index in [1.165, 1.54) is 0 Å². The minimum atomic E-state index is -0.259. The lowest BCUT2D eigenvalue weighted by Crippen LogP contribution is -2.08. The number of hydrogen-bond donors (Lipinski definition) is 0. The van der Waals surface area contributed by atoms with E-state index in [4.69, 9.17) is 14.2 Å². The van der Waals surface area contributed by atoms with Crippen LogP contribution in [0.5, 0.6) is 11.5 Å². The van der Waals surface area contributed by atoms with Gasteiger partial charge in [-0.1, -0.05) is 46.3 Å². The van der Waals surface area contributed by atoms with Crippen molar-refractivity contribution in [1.82, 2.24) is 0 Å². The Morgan fingerprint density at radius 2 is 1.86 bits per heavy atom. The van der Waals surface area contributed by atoms with Gasteiger partial charge in [0.05, 0.1) is 6.42 Å². The summed E-state index contributed by atoms with van der Waals surface area (Å²) >= 11 is 3.44. The normalized spacial score (nSPS) is 12.2.